The fraction of sp³-hybridized carbons (Fsp3) is 0.917. The maximum atomic E-state index is 9.88. The van der Waals surface area contributed by atoms with Crippen molar-refractivity contribution in [1.29, 1.82) is 0 Å². The van der Waals surface area contributed by atoms with Crippen LogP contribution in [-0.4, -0.2) is 42.5 Å². The van der Waals surface area contributed by atoms with Gasteiger partial charge in [-0.15, -0.1) is 46.7 Å². The molecule has 0 atom stereocenters. The lowest BCUT2D eigenvalue weighted by molar-refractivity contribution is -0.115. The van der Waals surface area contributed by atoms with E-state index in [0.29, 0.717) is 0 Å². The Labute approximate surface area is 168 Å². The molecule has 0 aliphatic carbocycles. The summed E-state index contributed by atoms with van der Waals surface area (Å²) < 4.78 is 0.0430. The van der Waals surface area contributed by atoms with E-state index in [1.54, 1.807) is 0 Å². The molecule has 0 bridgehead atoms. The first-order valence-corrected chi connectivity index (χ1v) is 11.3. The van der Waals surface area contributed by atoms with Crippen LogP contribution in [0.25, 0.3) is 0 Å². The van der Waals surface area contributed by atoms with Crippen molar-refractivity contribution >= 4 is 101 Å². The number of thiol groups is 2. The van der Waals surface area contributed by atoms with Crippen LogP contribution < -0.4 is 0 Å². The van der Waals surface area contributed by atoms with E-state index in [9.17, 15) is 4.79 Å². The standard InChI is InChI=1S/C6H10Cl2S2.C3H4Cl2O.C3H8S2/c1-6(5(7)8)9-3-2-4-10-6;1-2(6)3(4)5;4-2-1-3-5/h5H,2-4H2,1H3;3H,1H3;4-5H,1-3H2. The molecule has 0 aromatic heterocycles. The summed E-state index contributed by atoms with van der Waals surface area (Å²) in [5, 5.41) is 0. The predicted octanol–water partition coefficient (Wildman–Crippen LogP) is 5.99. The molecule has 1 rings (SSSR count). The first kappa shape index (κ1) is 25.5. The van der Waals surface area contributed by atoms with Gasteiger partial charge in [0.05, 0.1) is 4.08 Å². The van der Waals surface area contributed by atoms with Gasteiger partial charge in [0.25, 0.3) is 0 Å². The largest absolute Gasteiger partial charge is 0.297 e. The van der Waals surface area contributed by atoms with Crippen molar-refractivity contribution in [2.75, 3.05) is 23.0 Å². The Hall–Kier alpha value is 2.23. The van der Waals surface area contributed by atoms with Crippen LogP contribution in [0.3, 0.4) is 0 Å². The van der Waals surface area contributed by atoms with E-state index in [4.69, 9.17) is 46.4 Å². The van der Waals surface area contributed by atoms with Crippen molar-refractivity contribution in [3.63, 3.8) is 0 Å². The smallest absolute Gasteiger partial charge is 0.165 e. The minimum atomic E-state index is -0.843. The molecule has 1 fully saturated rings. The summed E-state index contributed by atoms with van der Waals surface area (Å²) in [5.41, 5.74) is 0. The van der Waals surface area contributed by atoms with E-state index in [2.05, 4.69) is 32.2 Å². The first-order valence-electron chi connectivity index (χ1n) is 6.27. The number of Topliss-reactive ketones (excluding diaryl/α,β-unsaturated/α-hetero) is 1. The number of carbonyl (C=O) groups is 1. The molecule has 0 amide bonds. The highest BCUT2D eigenvalue weighted by atomic mass is 35.5. The van der Waals surface area contributed by atoms with Crippen LogP contribution >= 0.6 is 95.2 Å². The van der Waals surface area contributed by atoms with Crippen LogP contribution in [0.4, 0.5) is 0 Å². The highest BCUT2D eigenvalue weighted by Crippen LogP contribution is 2.47. The van der Waals surface area contributed by atoms with Crippen LogP contribution in [0.2, 0.25) is 0 Å². The summed E-state index contributed by atoms with van der Waals surface area (Å²) in [4.78, 5) is 8.79. The van der Waals surface area contributed by atoms with Crippen LogP contribution in [0.1, 0.15) is 26.7 Å². The molecule has 1 aliphatic heterocycles. The third-order valence-electron chi connectivity index (χ3n) is 2.09. The number of rotatable bonds is 4. The van der Waals surface area contributed by atoms with Crippen molar-refractivity contribution in [3.05, 3.63) is 0 Å². The third kappa shape index (κ3) is 15.5. The van der Waals surface area contributed by atoms with Gasteiger partial charge in [-0.2, -0.15) is 25.3 Å². The van der Waals surface area contributed by atoms with Gasteiger partial charge in [0.1, 0.15) is 4.84 Å². The molecule has 1 aliphatic rings. The molecule has 9 heteroatoms. The Morgan fingerprint density at radius 3 is 1.67 bits per heavy atom. The lowest BCUT2D eigenvalue weighted by Gasteiger charge is -2.33. The fourth-order valence-electron chi connectivity index (χ4n) is 0.847. The van der Waals surface area contributed by atoms with Gasteiger partial charge in [-0.1, -0.05) is 23.2 Å². The quantitative estimate of drug-likeness (QED) is 0.403. The monoisotopic (exact) mass is 450 g/mol. The van der Waals surface area contributed by atoms with Gasteiger partial charge in [-0.25, -0.2) is 0 Å². The number of hydrogen-bond acceptors (Lipinski definition) is 5. The highest BCUT2D eigenvalue weighted by molar-refractivity contribution is 8.19. The van der Waals surface area contributed by atoms with Crippen molar-refractivity contribution in [1.82, 2.24) is 0 Å². The van der Waals surface area contributed by atoms with E-state index in [-0.39, 0.29) is 14.7 Å². The van der Waals surface area contributed by atoms with E-state index >= 15 is 0 Å². The number of alkyl halides is 4. The summed E-state index contributed by atoms with van der Waals surface area (Å²) in [6.07, 6.45) is 2.40. The third-order valence-corrected chi connectivity index (χ3v) is 8.03. The summed E-state index contributed by atoms with van der Waals surface area (Å²) in [6, 6.07) is 0. The topological polar surface area (TPSA) is 17.1 Å². The Kier molecular flexibility index (Phi) is 19.1. The van der Waals surface area contributed by atoms with Crippen LogP contribution in [0.15, 0.2) is 0 Å². The van der Waals surface area contributed by atoms with E-state index < -0.39 is 4.84 Å². The molecule has 128 valence electrons. The van der Waals surface area contributed by atoms with Gasteiger partial charge < -0.3 is 0 Å². The molecule has 1 saturated heterocycles. The number of carbonyl (C=O) groups excluding carboxylic acids is 1. The molecular formula is C12H22Cl4OS4. The average Bonchev–Trinajstić information content (AvgIpc) is 2.41. The molecule has 0 saturated carbocycles. The molecule has 1 nitrogen and oxygen atoms in total. The van der Waals surface area contributed by atoms with Gasteiger partial charge in [0, 0.05) is 0 Å². The van der Waals surface area contributed by atoms with Crippen molar-refractivity contribution in [2.45, 2.75) is 40.4 Å². The van der Waals surface area contributed by atoms with E-state index in [0.717, 1.165) is 17.9 Å². The number of hydrogen-bond donors (Lipinski definition) is 2. The predicted molar refractivity (Wildman–Crippen MR) is 112 cm³/mol. The van der Waals surface area contributed by atoms with E-state index in [1.807, 2.05) is 23.5 Å². The number of thioether (sulfide) groups is 2. The maximum Gasteiger partial charge on any atom is 0.165 e. The lowest BCUT2D eigenvalue weighted by Crippen LogP contribution is -2.28. The second-order valence-corrected chi connectivity index (χ2v) is 10.5. The zero-order chi connectivity index (χ0) is 16.9. The van der Waals surface area contributed by atoms with Gasteiger partial charge in [0.15, 0.2) is 10.6 Å². The molecule has 0 spiro atoms. The molecule has 0 N–H and O–H groups in total. The zero-order valence-electron chi connectivity index (χ0n) is 12.0. The summed E-state index contributed by atoms with van der Waals surface area (Å²) in [7, 11) is 0. The van der Waals surface area contributed by atoms with Gasteiger partial charge in [-0.3, -0.25) is 4.79 Å². The maximum absolute atomic E-state index is 9.88. The minimum Gasteiger partial charge on any atom is -0.297 e. The fourth-order valence-corrected chi connectivity index (χ4v) is 4.82. The second kappa shape index (κ2) is 15.7. The lowest BCUT2D eigenvalue weighted by atomic mass is 10.5. The molecule has 1 heterocycles. The van der Waals surface area contributed by atoms with Gasteiger partial charge in [0.2, 0.25) is 0 Å². The Balaban J connectivity index is 0. The highest BCUT2D eigenvalue weighted by Gasteiger charge is 2.34. The van der Waals surface area contributed by atoms with Crippen molar-refractivity contribution < 1.29 is 4.79 Å². The first-order chi connectivity index (χ1) is 9.71. The van der Waals surface area contributed by atoms with Crippen LogP contribution in [-0.2, 0) is 4.79 Å². The van der Waals surface area contributed by atoms with Crippen molar-refractivity contribution in [3.8, 4) is 0 Å². The Morgan fingerprint density at radius 1 is 1.14 bits per heavy atom. The van der Waals surface area contributed by atoms with Crippen LogP contribution in [0, 0.1) is 0 Å². The summed E-state index contributed by atoms with van der Waals surface area (Å²) in [6.45, 7) is 3.46. The molecule has 0 radical (unpaired) electrons. The average molecular weight is 452 g/mol. The summed E-state index contributed by atoms with van der Waals surface area (Å²) >= 11 is 33.3. The van der Waals surface area contributed by atoms with E-state index in [1.165, 1.54) is 24.9 Å². The molecule has 21 heavy (non-hydrogen) atoms. The second-order valence-electron chi connectivity index (χ2n) is 4.08. The minimum absolute atomic E-state index is 0.0430. The normalized spacial score (nSPS) is 16.7. The number of ketones is 1. The Bertz CT molecular complexity index is 260. The van der Waals surface area contributed by atoms with Gasteiger partial charge in [-0.05, 0) is 49.7 Å². The van der Waals surface area contributed by atoms with Crippen LogP contribution in [0.5, 0.6) is 0 Å². The summed E-state index contributed by atoms with van der Waals surface area (Å²) in [5.74, 6) is 4.10. The molecule has 0 unspecified atom stereocenters. The molecule has 0 aromatic rings. The molecule has 0 aromatic carbocycles. The van der Waals surface area contributed by atoms with Crippen molar-refractivity contribution in [2.24, 2.45) is 0 Å². The van der Waals surface area contributed by atoms with Gasteiger partial charge >= 0.3 is 0 Å². The SMILES string of the molecule is CC(=O)C(Cl)Cl.CC1(C(Cl)Cl)SCCCS1.SCCCS. The zero-order valence-corrected chi connectivity index (χ0v) is 18.5. The number of halogens is 4. The Morgan fingerprint density at radius 2 is 1.52 bits per heavy atom. The molecular weight excluding hydrogens is 430 g/mol.